The number of aromatic nitrogens is 3. The SMILES string of the molecule is CNC(C)c1nnn(-c2ccc(F)cc2Cl)c1C. The molecule has 1 unspecified atom stereocenters. The molecule has 0 amide bonds. The minimum absolute atomic E-state index is 0.0953. The number of benzene rings is 1. The van der Waals surface area contributed by atoms with Crippen LogP contribution in [-0.4, -0.2) is 22.0 Å². The summed E-state index contributed by atoms with van der Waals surface area (Å²) in [5.74, 6) is -0.370. The van der Waals surface area contributed by atoms with Gasteiger partial charge in [0.15, 0.2) is 0 Å². The van der Waals surface area contributed by atoms with E-state index in [1.807, 2.05) is 20.9 Å². The van der Waals surface area contributed by atoms with Crippen LogP contribution in [0.5, 0.6) is 0 Å². The molecular formula is C12H14ClFN4. The minimum atomic E-state index is -0.370. The molecule has 1 N–H and O–H groups in total. The lowest BCUT2D eigenvalue weighted by Crippen LogP contribution is -2.14. The Morgan fingerprint density at radius 2 is 2.17 bits per heavy atom. The van der Waals surface area contributed by atoms with E-state index < -0.39 is 0 Å². The fourth-order valence-electron chi connectivity index (χ4n) is 1.76. The van der Waals surface area contributed by atoms with Crippen LogP contribution in [0.3, 0.4) is 0 Å². The molecule has 2 rings (SSSR count). The molecule has 0 radical (unpaired) electrons. The predicted molar refractivity (Wildman–Crippen MR) is 68.5 cm³/mol. The number of halogens is 2. The Balaban J connectivity index is 2.49. The van der Waals surface area contributed by atoms with E-state index in [0.717, 1.165) is 11.4 Å². The van der Waals surface area contributed by atoms with Crippen LogP contribution in [0.25, 0.3) is 5.69 Å². The zero-order valence-corrected chi connectivity index (χ0v) is 11.2. The molecule has 0 spiro atoms. The van der Waals surface area contributed by atoms with Gasteiger partial charge in [0.25, 0.3) is 0 Å². The maximum absolute atomic E-state index is 13.0. The molecule has 0 aliphatic carbocycles. The summed E-state index contributed by atoms with van der Waals surface area (Å²) in [4.78, 5) is 0. The lowest BCUT2D eigenvalue weighted by Gasteiger charge is -2.09. The quantitative estimate of drug-likeness (QED) is 0.931. The van der Waals surface area contributed by atoms with Crippen molar-refractivity contribution in [1.29, 1.82) is 0 Å². The second-order valence-electron chi connectivity index (χ2n) is 4.08. The van der Waals surface area contributed by atoms with Crippen molar-refractivity contribution in [2.75, 3.05) is 7.05 Å². The molecule has 1 aromatic carbocycles. The summed E-state index contributed by atoms with van der Waals surface area (Å²) < 4.78 is 14.6. The average Bonchev–Trinajstić information content (AvgIpc) is 2.70. The van der Waals surface area contributed by atoms with Crippen LogP contribution in [0.1, 0.15) is 24.4 Å². The van der Waals surface area contributed by atoms with Gasteiger partial charge >= 0.3 is 0 Å². The van der Waals surface area contributed by atoms with Gasteiger partial charge < -0.3 is 5.32 Å². The highest BCUT2D eigenvalue weighted by molar-refractivity contribution is 6.32. The van der Waals surface area contributed by atoms with Gasteiger partial charge in [-0.2, -0.15) is 0 Å². The van der Waals surface area contributed by atoms with E-state index in [4.69, 9.17) is 11.6 Å². The Kier molecular flexibility index (Phi) is 3.63. The van der Waals surface area contributed by atoms with Gasteiger partial charge in [0.05, 0.1) is 22.4 Å². The van der Waals surface area contributed by atoms with Crippen LogP contribution >= 0.6 is 11.6 Å². The first-order valence-corrected chi connectivity index (χ1v) is 5.97. The Labute approximate surface area is 110 Å². The van der Waals surface area contributed by atoms with Crippen molar-refractivity contribution in [2.45, 2.75) is 19.9 Å². The summed E-state index contributed by atoms with van der Waals surface area (Å²) in [5, 5.41) is 11.6. The number of nitrogens with one attached hydrogen (secondary N) is 1. The fraction of sp³-hybridized carbons (Fsp3) is 0.333. The van der Waals surface area contributed by atoms with Gasteiger partial charge in [0.2, 0.25) is 0 Å². The van der Waals surface area contributed by atoms with Gasteiger partial charge in [-0.3, -0.25) is 0 Å². The lowest BCUT2D eigenvalue weighted by atomic mass is 10.2. The summed E-state index contributed by atoms with van der Waals surface area (Å²) in [6.07, 6.45) is 0. The van der Waals surface area contributed by atoms with Gasteiger partial charge in [-0.1, -0.05) is 16.8 Å². The minimum Gasteiger partial charge on any atom is -0.312 e. The van der Waals surface area contributed by atoms with Crippen molar-refractivity contribution in [3.8, 4) is 5.69 Å². The number of hydrogen-bond acceptors (Lipinski definition) is 3. The number of nitrogens with zero attached hydrogens (tertiary/aromatic N) is 3. The maximum Gasteiger partial charge on any atom is 0.124 e. The highest BCUT2D eigenvalue weighted by Gasteiger charge is 2.16. The molecule has 2 aromatic rings. The molecule has 0 bridgehead atoms. The molecule has 18 heavy (non-hydrogen) atoms. The third kappa shape index (κ3) is 2.23. The topological polar surface area (TPSA) is 42.7 Å². The van der Waals surface area contributed by atoms with E-state index in [-0.39, 0.29) is 11.9 Å². The van der Waals surface area contributed by atoms with Gasteiger partial charge in [0.1, 0.15) is 11.5 Å². The van der Waals surface area contributed by atoms with Crippen LogP contribution < -0.4 is 5.32 Å². The van der Waals surface area contributed by atoms with E-state index in [9.17, 15) is 4.39 Å². The first-order chi connectivity index (χ1) is 8.54. The normalized spacial score (nSPS) is 12.7. The Morgan fingerprint density at radius 3 is 2.78 bits per heavy atom. The monoisotopic (exact) mass is 268 g/mol. The molecule has 1 heterocycles. The zero-order chi connectivity index (χ0) is 13.3. The third-order valence-corrected chi connectivity index (χ3v) is 3.21. The van der Waals surface area contributed by atoms with Crippen molar-refractivity contribution in [3.63, 3.8) is 0 Å². The summed E-state index contributed by atoms with van der Waals surface area (Å²) >= 11 is 6.01. The van der Waals surface area contributed by atoms with E-state index in [0.29, 0.717) is 10.7 Å². The first kappa shape index (κ1) is 13.0. The molecule has 0 saturated heterocycles. The van der Waals surface area contributed by atoms with Gasteiger partial charge in [-0.05, 0) is 39.1 Å². The van der Waals surface area contributed by atoms with Crippen LogP contribution in [0.4, 0.5) is 4.39 Å². The largest absolute Gasteiger partial charge is 0.312 e. The zero-order valence-electron chi connectivity index (χ0n) is 10.4. The van der Waals surface area contributed by atoms with E-state index in [2.05, 4.69) is 15.6 Å². The van der Waals surface area contributed by atoms with Crippen molar-refractivity contribution in [1.82, 2.24) is 20.3 Å². The van der Waals surface area contributed by atoms with Gasteiger partial charge in [-0.15, -0.1) is 5.10 Å². The van der Waals surface area contributed by atoms with Gasteiger partial charge in [0, 0.05) is 0 Å². The fourth-order valence-corrected chi connectivity index (χ4v) is 2.01. The van der Waals surface area contributed by atoms with Gasteiger partial charge in [-0.25, -0.2) is 9.07 Å². The molecule has 0 aliphatic heterocycles. The summed E-state index contributed by atoms with van der Waals surface area (Å²) in [7, 11) is 1.86. The Hall–Kier alpha value is -1.46. The number of hydrogen-bond donors (Lipinski definition) is 1. The Bertz CT molecular complexity index is 567. The second-order valence-corrected chi connectivity index (χ2v) is 4.49. The molecular weight excluding hydrogens is 255 g/mol. The third-order valence-electron chi connectivity index (χ3n) is 2.91. The second kappa shape index (κ2) is 5.04. The molecule has 6 heteroatoms. The molecule has 1 atom stereocenters. The molecule has 0 saturated carbocycles. The highest BCUT2D eigenvalue weighted by atomic mass is 35.5. The van der Waals surface area contributed by atoms with E-state index >= 15 is 0 Å². The predicted octanol–water partition coefficient (Wildman–Crippen LogP) is 2.65. The maximum atomic E-state index is 13.0. The standard InChI is InChI=1S/C12H14ClFN4/c1-7(15-3)12-8(2)18(17-16-12)11-5-4-9(14)6-10(11)13/h4-7,15H,1-3H3. The Morgan fingerprint density at radius 1 is 1.44 bits per heavy atom. The van der Waals surface area contributed by atoms with E-state index in [1.54, 1.807) is 10.7 Å². The smallest absolute Gasteiger partial charge is 0.124 e. The first-order valence-electron chi connectivity index (χ1n) is 5.59. The van der Waals surface area contributed by atoms with Crippen molar-refractivity contribution >= 4 is 11.6 Å². The molecule has 1 aromatic heterocycles. The molecule has 0 fully saturated rings. The molecule has 4 nitrogen and oxygen atoms in total. The molecule has 0 aliphatic rings. The highest BCUT2D eigenvalue weighted by Crippen LogP contribution is 2.24. The van der Waals surface area contributed by atoms with Crippen molar-refractivity contribution in [2.24, 2.45) is 0 Å². The van der Waals surface area contributed by atoms with Crippen molar-refractivity contribution in [3.05, 3.63) is 40.4 Å². The average molecular weight is 269 g/mol. The van der Waals surface area contributed by atoms with Crippen LogP contribution in [0.2, 0.25) is 5.02 Å². The van der Waals surface area contributed by atoms with Crippen molar-refractivity contribution < 1.29 is 4.39 Å². The summed E-state index contributed by atoms with van der Waals surface area (Å²) in [6, 6.07) is 4.30. The van der Waals surface area contributed by atoms with E-state index in [1.165, 1.54) is 12.1 Å². The summed E-state index contributed by atoms with van der Waals surface area (Å²) in [6.45, 7) is 3.90. The van der Waals surface area contributed by atoms with Crippen LogP contribution in [0, 0.1) is 12.7 Å². The number of rotatable bonds is 3. The van der Waals surface area contributed by atoms with Crippen LogP contribution in [0.15, 0.2) is 18.2 Å². The molecule has 96 valence electrons. The van der Waals surface area contributed by atoms with Crippen LogP contribution in [-0.2, 0) is 0 Å². The lowest BCUT2D eigenvalue weighted by molar-refractivity contribution is 0.626. The summed E-state index contributed by atoms with van der Waals surface area (Å²) in [5.41, 5.74) is 2.35.